The molecule has 21 heavy (non-hydrogen) atoms. The van der Waals surface area contributed by atoms with Gasteiger partial charge in [-0.15, -0.1) is 11.3 Å². The minimum Gasteiger partial charge on any atom is -0.397 e. The minimum absolute atomic E-state index is 0.192. The van der Waals surface area contributed by atoms with Crippen molar-refractivity contribution in [1.29, 1.82) is 0 Å². The molecule has 0 saturated carbocycles. The smallest absolute Gasteiger partial charge is 0.243 e. The minimum atomic E-state index is -3.61. The quantitative estimate of drug-likeness (QED) is 0.831. The summed E-state index contributed by atoms with van der Waals surface area (Å²) >= 11 is 1.56. The van der Waals surface area contributed by atoms with E-state index in [1.54, 1.807) is 24.3 Å². The number of nitrogen functional groups attached to an aromatic ring is 1. The molecule has 2 aromatic rings. The van der Waals surface area contributed by atoms with Gasteiger partial charge in [0.1, 0.15) is 4.90 Å². The lowest BCUT2D eigenvalue weighted by Crippen LogP contribution is -2.25. The van der Waals surface area contributed by atoms with Crippen LogP contribution < -0.4 is 10.5 Å². The highest BCUT2D eigenvalue weighted by Gasteiger charge is 2.21. The predicted molar refractivity (Wildman–Crippen MR) is 88.1 cm³/mol. The van der Waals surface area contributed by atoms with Gasteiger partial charge in [0.25, 0.3) is 0 Å². The summed E-state index contributed by atoms with van der Waals surface area (Å²) < 4.78 is 27.7. The number of sulfonamides is 1. The molecule has 0 atom stereocenters. The van der Waals surface area contributed by atoms with Crippen LogP contribution in [0.25, 0.3) is 0 Å². The van der Waals surface area contributed by atoms with Crippen molar-refractivity contribution in [2.75, 3.05) is 5.73 Å². The molecule has 0 aliphatic heterocycles. The molecule has 3 N–H and O–H groups in total. The number of thiophene rings is 1. The Bertz CT molecular complexity index is 749. The first-order valence-electron chi connectivity index (χ1n) is 6.77. The summed E-state index contributed by atoms with van der Waals surface area (Å²) in [6.45, 7) is 5.92. The molecule has 0 amide bonds. The van der Waals surface area contributed by atoms with Gasteiger partial charge in [-0.3, -0.25) is 0 Å². The second-order valence-electron chi connectivity index (χ2n) is 4.99. The van der Waals surface area contributed by atoms with E-state index in [-0.39, 0.29) is 4.90 Å². The standard InChI is InChI=1S/C15H20N2O2S2/c1-4-12-7-8-20-13(12)9-17-21(18,19)15-11(3)6-5-10(2)14(15)16/h5-8,17H,4,9,16H2,1-3H3. The molecule has 1 aromatic carbocycles. The van der Waals surface area contributed by atoms with Gasteiger partial charge in [-0.1, -0.05) is 19.1 Å². The topological polar surface area (TPSA) is 72.2 Å². The van der Waals surface area contributed by atoms with E-state index in [0.717, 1.165) is 16.9 Å². The number of hydrogen-bond acceptors (Lipinski definition) is 4. The summed E-state index contributed by atoms with van der Waals surface area (Å²) in [6.07, 6.45) is 0.895. The highest BCUT2D eigenvalue weighted by atomic mass is 32.2. The van der Waals surface area contributed by atoms with E-state index in [1.807, 2.05) is 24.4 Å². The Labute approximate surface area is 130 Å². The van der Waals surface area contributed by atoms with Crippen LogP contribution in [0.1, 0.15) is 28.5 Å². The Morgan fingerprint density at radius 2 is 1.86 bits per heavy atom. The zero-order chi connectivity index (χ0) is 15.6. The molecule has 4 nitrogen and oxygen atoms in total. The maximum atomic E-state index is 12.5. The highest BCUT2D eigenvalue weighted by molar-refractivity contribution is 7.89. The number of hydrogen-bond donors (Lipinski definition) is 2. The van der Waals surface area contributed by atoms with Gasteiger partial charge in [-0.25, -0.2) is 13.1 Å². The lowest BCUT2D eigenvalue weighted by molar-refractivity contribution is 0.581. The third-order valence-corrected chi connectivity index (χ3v) is 6.09. The Kier molecular flexibility index (Phi) is 4.70. The van der Waals surface area contributed by atoms with Crippen molar-refractivity contribution >= 4 is 27.0 Å². The molecule has 0 aliphatic rings. The molecule has 0 aliphatic carbocycles. The first-order valence-corrected chi connectivity index (χ1v) is 9.13. The zero-order valence-corrected chi connectivity index (χ0v) is 14.1. The molecule has 0 bridgehead atoms. The predicted octanol–water partition coefficient (Wildman–Crippen LogP) is 2.99. The fourth-order valence-electron chi connectivity index (χ4n) is 2.23. The monoisotopic (exact) mass is 324 g/mol. The average molecular weight is 324 g/mol. The summed E-state index contributed by atoms with van der Waals surface area (Å²) in [7, 11) is -3.61. The van der Waals surface area contributed by atoms with Crippen LogP contribution in [-0.4, -0.2) is 8.42 Å². The third-order valence-electron chi connectivity index (χ3n) is 3.52. The SMILES string of the molecule is CCc1ccsc1CNS(=O)(=O)c1c(C)ccc(C)c1N. The van der Waals surface area contributed by atoms with Gasteiger partial charge in [0.2, 0.25) is 10.0 Å². The van der Waals surface area contributed by atoms with Crippen molar-refractivity contribution in [3.05, 3.63) is 45.1 Å². The third kappa shape index (κ3) is 3.28. The van der Waals surface area contributed by atoms with Crippen molar-refractivity contribution < 1.29 is 8.42 Å². The van der Waals surface area contributed by atoms with Gasteiger partial charge >= 0.3 is 0 Å². The van der Waals surface area contributed by atoms with Gasteiger partial charge < -0.3 is 5.73 Å². The van der Waals surface area contributed by atoms with Crippen LogP contribution in [0.2, 0.25) is 0 Å². The van der Waals surface area contributed by atoms with Crippen LogP contribution in [0.15, 0.2) is 28.5 Å². The van der Waals surface area contributed by atoms with Crippen molar-refractivity contribution in [2.45, 2.75) is 38.6 Å². The maximum absolute atomic E-state index is 12.5. The maximum Gasteiger partial charge on any atom is 0.243 e. The number of nitrogens with one attached hydrogen (secondary N) is 1. The molecule has 0 fully saturated rings. The number of anilines is 1. The summed E-state index contributed by atoms with van der Waals surface area (Å²) in [4.78, 5) is 1.24. The Morgan fingerprint density at radius 3 is 2.52 bits per heavy atom. The van der Waals surface area contributed by atoms with Gasteiger partial charge in [-0.2, -0.15) is 0 Å². The number of rotatable bonds is 5. The molecular weight excluding hydrogens is 304 g/mol. The lowest BCUT2D eigenvalue weighted by atomic mass is 10.1. The molecule has 0 radical (unpaired) electrons. The second-order valence-corrected chi connectivity index (χ2v) is 7.69. The van der Waals surface area contributed by atoms with Crippen LogP contribution in [0.3, 0.4) is 0 Å². The molecule has 0 saturated heterocycles. The van der Waals surface area contributed by atoms with E-state index in [4.69, 9.17) is 5.73 Å². The van der Waals surface area contributed by atoms with Crippen LogP contribution >= 0.6 is 11.3 Å². The summed E-state index contributed by atoms with van der Waals surface area (Å²) in [6, 6.07) is 5.64. The van der Waals surface area contributed by atoms with Crippen molar-refractivity contribution in [1.82, 2.24) is 4.72 Å². The van der Waals surface area contributed by atoms with E-state index in [2.05, 4.69) is 11.6 Å². The Balaban J connectivity index is 2.30. The fourth-order valence-corrected chi connectivity index (χ4v) is 4.66. The summed E-state index contributed by atoms with van der Waals surface area (Å²) in [5.41, 5.74) is 8.89. The Hall–Kier alpha value is -1.37. The summed E-state index contributed by atoms with van der Waals surface area (Å²) in [5, 5.41) is 1.98. The molecule has 2 rings (SSSR count). The molecule has 0 spiro atoms. The van der Waals surface area contributed by atoms with E-state index >= 15 is 0 Å². The van der Waals surface area contributed by atoms with Crippen molar-refractivity contribution in [3.8, 4) is 0 Å². The molecule has 1 heterocycles. The van der Waals surface area contributed by atoms with Crippen LogP contribution in [0.5, 0.6) is 0 Å². The summed E-state index contributed by atoms with van der Waals surface area (Å²) in [5.74, 6) is 0. The van der Waals surface area contributed by atoms with Gasteiger partial charge in [-0.05, 0) is 48.4 Å². The number of benzene rings is 1. The molecule has 114 valence electrons. The van der Waals surface area contributed by atoms with Crippen LogP contribution in [-0.2, 0) is 23.0 Å². The zero-order valence-electron chi connectivity index (χ0n) is 12.4. The second kappa shape index (κ2) is 6.17. The molecule has 1 aromatic heterocycles. The van der Waals surface area contributed by atoms with Gasteiger partial charge in [0.05, 0.1) is 5.69 Å². The first-order chi connectivity index (χ1) is 9.86. The van der Waals surface area contributed by atoms with Crippen molar-refractivity contribution in [2.24, 2.45) is 0 Å². The molecule has 6 heteroatoms. The average Bonchev–Trinajstić information content (AvgIpc) is 2.88. The molecule has 0 unspecified atom stereocenters. The van der Waals surface area contributed by atoms with Crippen LogP contribution in [0.4, 0.5) is 5.69 Å². The van der Waals surface area contributed by atoms with E-state index in [9.17, 15) is 8.42 Å². The largest absolute Gasteiger partial charge is 0.397 e. The normalized spacial score (nSPS) is 11.8. The fraction of sp³-hybridized carbons (Fsp3) is 0.333. The Morgan fingerprint density at radius 1 is 1.19 bits per heavy atom. The van der Waals surface area contributed by atoms with Gasteiger partial charge in [0.15, 0.2) is 0 Å². The lowest BCUT2D eigenvalue weighted by Gasteiger charge is -2.13. The van der Waals surface area contributed by atoms with Crippen LogP contribution in [0, 0.1) is 13.8 Å². The van der Waals surface area contributed by atoms with Crippen molar-refractivity contribution in [3.63, 3.8) is 0 Å². The molecular formula is C15H20N2O2S2. The van der Waals surface area contributed by atoms with E-state index in [1.165, 1.54) is 5.56 Å². The number of aryl methyl sites for hydroxylation is 3. The number of nitrogens with two attached hydrogens (primary N) is 1. The highest BCUT2D eigenvalue weighted by Crippen LogP contribution is 2.26. The van der Waals surface area contributed by atoms with Gasteiger partial charge in [0, 0.05) is 11.4 Å². The van der Waals surface area contributed by atoms with E-state index in [0.29, 0.717) is 17.8 Å². The first kappa shape index (κ1) is 16.0. The van der Waals surface area contributed by atoms with E-state index < -0.39 is 10.0 Å².